The molecule has 0 spiro atoms. The van der Waals surface area contributed by atoms with Crippen LogP contribution in [0.5, 0.6) is 0 Å². The van der Waals surface area contributed by atoms with Gasteiger partial charge >= 0.3 is 13.8 Å². The molecule has 0 fully saturated rings. The molecule has 0 amide bonds. The Labute approximate surface area is 326 Å². The summed E-state index contributed by atoms with van der Waals surface area (Å²) in [6, 6.07) is 0. The minimum absolute atomic E-state index is 0.0296. The smallest absolute Gasteiger partial charge is 0.472 e. The summed E-state index contributed by atoms with van der Waals surface area (Å²) in [6.45, 7) is 4.76. The fourth-order valence-corrected chi connectivity index (χ4v) is 6.13. The predicted molar refractivity (Wildman–Crippen MR) is 224 cm³/mol. The molecule has 308 valence electrons. The molecule has 0 aromatic heterocycles. The van der Waals surface area contributed by atoms with Gasteiger partial charge in [-0.2, -0.15) is 0 Å². The average molecular weight is 767 g/mol. The van der Waals surface area contributed by atoms with Crippen LogP contribution in [-0.4, -0.2) is 69.0 Å². The normalized spacial score (nSPS) is 14.4. The lowest BCUT2D eigenvalue weighted by Crippen LogP contribution is -2.37. The summed E-state index contributed by atoms with van der Waals surface area (Å²) >= 11 is 0. The number of carbonyl (C=O) groups excluding carboxylic acids is 1. The van der Waals surface area contributed by atoms with Crippen LogP contribution in [0.15, 0.2) is 60.9 Å². The monoisotopic (exact) mass is 767 g/mol. The number of phosphoric acid groups is 1. The second kappa shape index (κ2) is 37.0. The number of hydrogen-bond donors (Lipinski definition) is 1. The van der Waals surface area contributed by atoms with Crippen LogP contribution < -0.4 is 0 Å². The molecule has 0 aliphatic heterocycles. The number of phosphoric ester groups is 1. The Bertz CT molecular complexity index is 1030. The molecule has 9 heteroatoms. The molecule has 0 bridgehead atoms. The lowest BCUT2D eigenvalue weighted by atomic mass is 10.0. The van der Waals surface area contributed by atoms with Crippen molar-refractivity contribution in [2.45, 2.75) is 168 Å². The van der Waals surface area contributed by atoms with Crippen molar-refractivity contribution in [2.24, 2.45) is 0 Å². The topological polar surface area (TPSA) is 91.3 Å². The maximum Gasteiger partial charge on any atom is 0.472 e. The van der Waals surface area contributed by atoms with Crippen molar-refractivity contribution in [3.05, 3.63) is 60.9 Å². The highest BCUT2D eigenvalue weighted by Gasteiger charge is 2.26. The van der Waals surface area contributed by atoms with Crippen LogP contribution in [0.3, 0.4) is 0 Å². The number of rotatable bonds is 38. The van der Waals surface area contributed by atoms with Crippen molar-refractivity contribution in [3.63, 3.8) is 0 Å². The SMILES string of the molecule is CC/C=C/C/C=C/C/C=C/C/C=C/CCCCC(=O)O[C@H](CO/C=C/CCCCCCCCCCCCCCCC)COP(=O)(O)OCC[N+](C)(C)C. The zero-order valence-electron chi connectivity index (χ0n) is 34.7. The highest BCUT2D eigenvalue weighted by Crippen LogP contribution is 2.43. The zero-order chi connectivity index (χ0) is 39.1. The van der Waals surface area contributed by atoms with Crippen molar-refractivity contribution in [1.29, 1.82) is 0 Å². The van der Waals surface area contributed by atoms with Crippen LogP contribution in [0, 0.1) is 0 Å². The number of ether oxygens (including phenoxy) is 2. The third kappa shape index (κ3) is 41.1. The Kier molecular flexibility index (Phi) is 35.6. The van der Waals surface area contributed by atoms with Gasteiger partial charge in [-0.3, -0.25) is 13.8 Å². The van der Waals surface area contributed by atoms with Gasteiger partial charge in [0.2, 0.25) is 0 Å². The average Bonchev–Trinajstić information content (AvgIpc) is 3.11. The second-order valence-electron chi connectivity index (χ2n) is 15.1. The molecule has 1 unspecified atom stereocenters. The van der Waals surface area contributed by atoms with E-state index in [1.165, 1.54) is 83.5 Å². The fraction of sp³-hybridized carbons (Fsp3) is 0.750. The summed E-state index contributed by atoms with van der Waals surface area (Å²) < 4.78 is 34.6. The molecule has 0 aliphatic rings. The third-order valence-electron chi connectivity index (χ3n) is 8.66. The molecule has 8 nitrogen and oxygen atoms in total. The maximum atomic E-state index is 12.6. The first-order chi connectivity index (χ1) is 25.6. The lowest BCUT2D eigenvalue weighted by Gasteiger charge is -2.24. The minimum Gasteiger partial charge on any atom is -0.498 e. The Balaban J connectivity index is 4.39. The Hall–Kier alpha value is -1.96. The van der Waals surface area contributed by atoms with Crippen LogP contribution in [0.25, 0.3) is 0 Å². The van der Waals surface area contributed by atoms with Crippen molar-refractivity contribution in [2.75, 3.05) is 47.5 Å². The number of quaternary nitrogens is 1. The standard InChI is InChI=1S/C44H80NO7P/c1-6-8-10-12-14-16-18-20-22-24-26-28-30-32-34-36-39-49-41-43(42-51-53(47,48)50-40-38-45(3,4)5)52-44(46)37-35-33-31-29-27-25-23-21-19-17-15-13-11-9-7-2/h9,11,15,17,21,23,27,29,36,39,43H,6-8,10,12-14,16,18-20,22,24-26,28,30-35,37-38,40-42H2,1-5H3/p+1/b11-9+,17-15+,23-21+,29-27+,39-36+/t43-/m1/s1. The van der Waals surface area contributed by atoms with Gasteiger partial charge in [0, 0.05) is 6.42 Å². The van der Waals surface area contributed by atoms with Crippen molar-refractivity contribution < 1.29 is 37.3 Å². The van der Waals surface area contributed by atoms with E-state index in [0.29, 0.717) is 17.4 Å². The number of likely N-dealkylation sites (N-methyl/N-ethyl adjacent to an activating group) is 1. The van der Waals surface area contributed by atoms with Gasteiger partial charge in [-0.15, -0.1) is 0 Å². The van der Waals surface area contributed by atoms with Gasteiger partial charge in [0.05, 0.1) is 34.0 Å². The largest absolute Gasteiger partial charge is 0.498 e. The van der Waals surface area contributed by atoms with Gasteiger partial charge in [0.15, 0.2) is 6.10 Å². The predicted octanol–water partition coefficient (Wildman–Crippen LogP) is 12.5. The molecule has 0 aliphatic carbocycles. The molecule has 0 radical (unpaired) electrons. The first-order valence-corrected chi connectivity index (χ1v) is 22.6. The lowest BCUT2D eigenvalue weighted by molar-refractivity contribution is -0.870. The molecular formula is C44H81NO7P+. The molecule has 2 atom stereocenters. The summed E-state index contributed by atoms with van der Waals surface area (Å²) in [5.41, 5.74) is 0. The summed E-state index contributed by atoms with van der Waals surface area (Å²) in [7, 11) is 1.60. The number of carbonyl (C=O) groups is 1. The van der Waals surface area contributed by atoms with Crippen molar-refractivity contribution >= 4 is 13.8 Å². The summed E-state index contributed by atoms with van der Waals surface area (Å²) in [5, 5.41) is 0. The van der Waals surface area contributed by atoms with E-state index in [1.807, 2.05) is 27.2 Å². The number of nitrogens with zero attached hydrogens (tertiary/aromatic N) is 1. The molecule has 0 saturated heterocycles. The number of allylic oxidation sites excluding steroid dienone is 9. The molecule has 0 aromatic rings. The summed E-state index contributed by atoms with van der Waals surface area (Å²) in [6.07, 6.45) is 46.4. The van der Waals surface area contributed by atoms with E-state index in [2.05, 4.69) is 62.5 Å². The molecular weight excluding hydrogens is 685 g/mol. The molecule has 0 heterocycles. The third-order valence-corrected chi connectivity index (χ3v) is 9.64. The van der Waals surface area contributed by atoms with E-state index in [9.17, 15) is 14.3 Å². The van der Waals surface area contributed by atoms with E-state index in [-0.39, 0.29) is 32.2 Å². The number of hydrogen-bond acceptors (Lipinski definition) is 6. The Morgan fingerprint density at radius 2 is 1.11 bits per heavy atom. The van der Waals surface area contributed by atoms with E-state index < -0.39 is 13.9 Å². The molecule has 0 saturated carbocycles. The van der Waals surface area contributed by atoms with Gasteiger partial charge in [0.25, 0.3) is 0 Å². The highest BCUT2D eigenvalue weighted by molar-refractivity contribution is 7.47. The van der Waals surface area contributed by atoms with Gasteiger partial charge in [-0.1, -0.05) is 146 Å². The van der Waals surface area contributed by atoms with Gasteiger partial charge < -0.3 is 18.9 Å². The Morgan fingerprint density at radius 1 is 0.623 bits per heavy atom. The number of esters is 1. The van der Waals surface area contributed by atoms with E-state index in [4.69, 9.17) is 18.5 Å². The first-order valence-electron chi connectivity index (χ1n) is 21.1. The molecule has 0 rings (SSSR count). The van der Waals surface area contributed by atoms with Gasteiger partial charge in [0.1, 0.15) is 19.8 Å². The second-order valence-corrected chi connectivity index (χ2v) is 16.5. The zero-order valence-corrected chi connectivity index (χ0v) is 35.6. The van der Waals surface area contributed by atoms with Crippen LogP contribution in [0.4, 0.5) is 0 Å². The van der Waals surface area contributed by atoms with Crippen molar-refractivity contribution in [1.82, 2.24) is 0 Å². The quantitative estimate of drug-likeness (QED) is 0.0167. The van der Waals surface area contributed by atoms with E-state index >= 15 is 0 Å². The van der Waals surface area contributed by atoms with Crippen LogP contribution in [0.1, 0.15) is 162 Å². The van der Waals surface area contributed by atoms with E-state index in [1.54, 1.807) is 6.26 Å². The van der Waals surface area contributed by atoms with Crippen LogP contribution in [0.2, 0.25) is 0 Å². The Morgan fingerprint density at radius 3 is 1.66 bits per heavy atom. The molecule has 0 aromatic carbocycles. The first kappa shape index (κ1) is 51.0. The van der Waals surface area contributed by atoms with Crippen LogP contribution in [-0.2, 0) is 27.9 Å². The molecule has 53 heavy (non-hydrogen) atoms. The van der Waals surface area contributed by atoms with Gasteiger partial charge in [-0.05, 0) is 63.9 Å². The van der Waals surface area contributed by atoms with Crippen molar-refractivity contribution in [3.8, 4) is 0 Å². The summed E-state index contributed by atoms with van der Waals surface area (Å²) in [4.78, 5) is 22.8. The molecule has 1 N–H and O–H groups in total. The minimum atomic E-state index is -4.30. The number of unbranched alkanes of at least 4 members (excludes halogenated alkanes) is 16. The summed E-state index contributed by atoms with van der Waals surface area (Å²) in [5.74, 6) is -0.377. The highest BCUT2D eigenvalue weighted by atomic mass is 31.2. The van der Waals surface area contributed by atoms with E-state index in [0.717, 1.165) is 51.4 Å². The fourth-order valence-electron chi connectivity index (χ4n) is 5.39. The maximum absolute atomic E-state index is 12.6. The van der Waals surface area contributed by atoms with Crippen LogP contribution >= 0.6 is 7.82 Å². The van der Waals surface area contributed by atoms with Gasteiger partial charge in [-0.25, -0.2) is 4.57 Å².